The normalized spacial score (nSPS) is 11.0. The number of nitrogens with zero attached hydrogens (tertiary/aromatic N) is 2. The molecule has 4 rings (SSSR count). The zero-order valence-corrected chi connectivity index (χ0v) is 17.1. The van der Waals surface area contributed by atoms with E-state index in [4.69, 9.17) is 23.2 Å². The van der Waals surface area contributed by atoms with Gasteiger partial charge in [0, 0.05) is 22.0 Å². The molecule has 4 aromatic heterocycles. The topological polar surface area (TPSA) is 62.7 Å². The minimum absolute atomic E-state index is 0.0812. The van der Waals surface area contributed by atoms with Crippen LogP contribution in [0.3, 0.4) is 0 Å². The maximum atomic E-state index is 12.8. The molecule has 0 fully saturated rings. The molecule has 0 aliphatic carbocycles. The first kappa shape index (κ1) is 18.3. The highest BCUT2D eigenvalue weighted by atomic mass is 35.5. The SMILES string of the molecule is O=c1c(-c2cc(NCc3ccc(Cl)s3)n[nH]2)cccn1Cc1ccc(Cl)s1. The van der Waals surface area contributed by atoms with Crippen molar-refractivity contribution < 1.29 is 0 Å². The van der Waals surface area contributed by atoms with Crippen LogP contribution in [0.4, 0.5) is 5.82 Å². The minimum Gasteiger partial charge on any atom is -0.364 e. The Morgan fingerprint density at radius 3 is 2.52 bits per heavy atom. The lowest BCUT2D eigenvalue weighted by Crippen LogP contribution is -2.21. The summed E-state index contributed by atoms with van der Waals surface area (Å²) in [6.45, 7) is 1.11. The van der Waals surface area contributed by atoms with E-state index in [9.17, 15) is 4.79 Å². The van der Waals surface area contributed by atoms with E-state index >= 15 is 0 Å². The molecule has 0 aliphatic rings. The molecule has 0 saturated heterocycles. The fourth-order valence-electron chi connectivity index (χ4n) is 2.65. The summed E-state index contributed by atoms with van der Waals surface area (Å²) < 4.78 is 3.14. The Balaban J connectivity index is 1.52. The standard InChI is InChI=1S/C18H14Cl2N4OS2/c19-15-5-3-11(26-15)9-21-17-8-14(22-23-17)13-2-1-7-24(18(13)25)10-12-4-6-16(20)27-12/h1-8H,9-10H2,(H2,21,22,23). The van der Waals surface area contributed by atoms with Gasteiger partial charge in [-0.3, -0.25) is 9.89 Å². The number of nitrogens with one attached hydrogen (secondary N) is 2. The highest BCUT2D eigenvalue weighted by Gasteiger charge is 2.10. The summed E-state index contributed by atoms with van der Waals surface area (Å²) >= 11 is 14.9. The summed E-state index contributed by atoms with van der Waals surface area (Å²) in [5.74, 6) is 0.675. The molecule has 0 aliphatic heterocycles. The summed E-state index contributed by atoms with van der Waals surface area (Å²) in [4.78, 5) is 15.0. The van der Waals surface area contributed by atoms with E-state index in [1.165, 1.54) is 22.7 Å². The molecule has 2 N–H and O–H groups in total. The monoisotopic (exact) mass is 436 g/mol. The van der Waals surface area contributed by atoms with Gasteiger partial charge in [-0.05, 0) is 36.4 Å². The van der Waals surface area contributed by atoms with Gasteiger partial charge in [0.25, 0.3) is 5.56 Å². The number of aromatic nitrogens is 3. The van der Waals surface area contributed by atoms with Crippen molar-refractivity contribution in [3.63, 3.8) is 0 Å². The van der Waals surface area contributed by atoms with E-state index in [2.05, 4.69) is 15.5 Å². The highest BCUT2D eigenvalue weighted by molar-refractivity contribution is 7.16. The van der Waals surface area contributed by atoms with E-state index in [0.717, 1.165) is 14.1 Å². The number of halogens is 2. The molecule has 0 spiro atoms. The van der Waals surface area contributed by atoms with Gasteiger partial charge in [-0.15, -0.1) is 22.7 Å². The van der Waals surface area contributed by atoms with E-state index in [0.29, 0.717) is 34.5 Å². The van der Waals surface area contributed by atoms with Crippen LogP contribution in [0.15, 0.2) is 53.5 Å². The van der Waals surface area contributed by atoms with Crippen LogP contribution in [0.2, 0.25) is 8.67 Å². The van der Waals surface area contributed by atoms with Crippen LogP contribution in [-0.2, 0) is 13.1 Å². The van der Waals surface area contributed by atoms with Crippen LogP contribution in [0.25, 0.3) is 11.3 Å². The predicted octanol–water partition coefficient (Wildman–Crippen LogP) is 5.33. The molecular formula is C18H14Cl2N4OS2. The van der Waals surface area contributed by atoms with Crippen molar-refractivity contribution >= 4 is 51.7 Å². The molecule has 0 aromatic carbocycles. The summed E-state index contributed by atoms with van der Waals surface area (Å²) in [7, 11) is 0. The van der Waals surface area contributed by atoms with Crippen LogP contribution in [0.1, 0.15) is 9.75 Å². The Bertz CT molecular complexity index is 1130. The van der Waals surface area contributed by atoms with Gasteiger partial charge in [-0.25, -0.2) is 0 Å². The summed E-state index contributed by atoms with van der Waals surface area (Å²) in [6.07, 6.45) is 1.77. The van der Waals surface area contributed by atoms with Crippen molar-refractivity contribution in [2.45, 2.75) is 13.1 Å². The van der Waals surface area contributed by atoms with E-state index in [1.54, 1.807) is 16.8 Å². The average molecular weight is 437 g/mol. The second kappa shape index (κ2) is 7.90. The first-order chi connectivity index (χ1) is 13.1. The van der Waals surface area contributed by atoms with Crippen LogP contribution >= 0.6 is 45.9 Å². The predicted molar refractivity (Wildman–Crippen MR) is 113 cm³/mol. The molecule has 0 atom stereocenters. The molecule has 27 heavy (non-hydrogen) atoms. The van der Waals surface area contributed by atoms with Gasteiger partial charge in [-0.1, -0.05) is 23.2 Å². The van der Waals surface area contributed by atoms with Gasteiger partial charge in [0.15, 0.2) is 0 Å². The molecular weight excluding hydrogens is 423 g/mol. The number of rotatable bonds is 6. The fourth-order valence-corrected chi connectivity index (χ4v) is 4.76. The van der Waals surface area contributed by atoms with E-state index in [1.807, 2.05) is 36.4 Å². The van der Waals surface area contributed by atoms with Gasteiger partial charge >= 0.3 is 0 Å². The third kappa shape index (κ3) is 4.27. The Hall–Kier alpha value is -2.06. The van der Waals surface area contributed by atoms with Crippen LogP contribution < -0.4 is 10.9 Å². The lowest BCUT2D eigenvalue weighted by molar-refractivity contribution is 0.771. The van der Waals surface area contributed by atoms with E-state index in [-0.39, 0.29) is 5.56 Å². The first-order valence-corrected chi connectivity index (χ1v) is 10.4. The third-order valence-corrected chi connectivity index (χ3v) is 6.36. The number of pyridine rings is 1. The number of anilines is 1. The maximum Gasteiger partial charge on any atom is 0.260 e. The summed E-state index contributed by atoms with van der Waals surface area (Å²) in [6, 6.07) is 13.1. The molecule has 0 bridgehead atoms. The molecule has 4 heterocycles. The molecule has 0 saturated carbocycles. The van der Waals surface area contributed by atoms with Gasteiger partial charge in [0.1, 0.15) is 5.82 Å². The van der Waals surface area contributed by atoms with Crippen molar-refractivity contribution in [2.75, 3.05) is 5.32 Å². The zero-order valence-electron chi connectivity index (χ0n) is 13.9. The second-order valence-corrected chi connectivity index (χ2v) is 9.39. The molecule has 138 valence electrons. The van der Waals surface area contributed by atoms with Crippen molar-refractivity contribution in [3.05, 3.63) is 77.4 Å². The largest absolute Gasteiger partial charge is 0.364 e. The van der Waals surface area contributed by atoms with Crippen molar-refractivity contribution in [1.29, 1.82) is 0 Å². The van der Waals surface area contributed by atoms with Crippen molar-refractivity contribution in [2.24, 2.45) is 0 Å². The number of hydrogen-bond donors (Lipinski definition) is 2. The third-order valence-electron chi connectivity index (χ3n) is 3.92. The number of hydrogen-bond acceptors (Lipinski definition) is 5. The molecule has 5 nitrogen and oxygen atoms in total. The van der Waals surface area contributed by atoms with Gasteiger partial charge in [0.2, 0.25) is 0 Å². The Morgan fingerprint density at radius 2 is 1.81 bits per heavy atom. The second-order valence-electron chi connectivity index (χ2n) is 5.79. The Labute approximate surface area is 173 Å². The maximum absolute atomic E-state index is 12.8. The number of thiophene rings is 2. The lowest BCUT2D eigenvalue weighted by Gasteiger charge is -2.05. The molecule has 4 aromatic rings. The zero-order chi connectivity index (χ0) is 18.8. The molecule has 0 radical (unpaired) electrons. The van der Waals surface area contributed by atoms with Gasteiger partial charge < -0.3 is 9.88 Å². The first-order valence-electron chi connectivity index (χ1n) is 8.06. The Morgan fingerprint density at radius 1 is 1.07 bits per heavy atom. The summed E-state index contributed by atoms with van der Waals surface area (Å²) in [5, 5.41) is 10.4. The fraction of sp³-hybridized carbons (Fsp3) is 0.111. The van der Waals surface area contributed by atoms with Crippen LogP contribution in [-0.4, -0.2) is 14.8 Å². The lowest BCUT2D eigenvalue weighted by atomic mass is 10.2. The minimum atomic E-state index is -0.0812. The molecule has 0 unspecified atom stereocenters. The number of aromatic amines is 1. The van der Waals surface area contributed by atoms with Gasteiger partial charge in [-0.2, -0.15) is 5.10 Å². The van der Waals surface area contributed by atoms with Gasteiger partial charge in [0.05, 0.1) is 33.0 Å². The molecule has 9 heteroatoms. The summed E-state index contributed by atoms with van der Waals surface area (Å²) in [5.41, 5.74) is 1.16. The quantitative estimate of drug-likeness (QED) is 0.429. The van der Waals surface area contributed by atoms with Crippen molar-refractivity contribution in [1.82, 2.24) is 14.8 Å². The highest BCUT2D eigenvalue weighted by Crippen LogP contribution is 2.24. The van der Waals surface area contributed by atoms with Crippen molar-refractivity contribution in [3.8, 4) is 11.3 Å². The van der Waals surface area contributed by atoms with E-state index < -0.39 is 0 Å². The van der Waals surface area contributed by atoms with Crippen LogP contribution in [0.5, 0.6) is 0 Å². The molecule has 0 amide bonds. The van der Waals surface area contributed by atoms with Crippen LogP contribution in [0, 0.1) is 0 Å². The number of H-pyrrole nitrogens is 1. The smallest absolute Gasteiger partial charge is 0.260 e. The Kier molecular flexibility index (Phi) is 5.36. The average Bonchev–Trinajstić information content (AvgIpc) is 3.37.